The van der Waals surface area contributed by atoms with Gasteiger partial charge in [-0.1, -0.05) is 43.6 Å². The molecule has 0 saturated carbocycles. The molecule has 5 heteroatoms. The van der Waals surface area contributed by atoms with Crippen LogP contribution in [-0.4, -0.2) is 39.7 Å². The highest BCUT2D eigenvalue weighted by atomic mass is 28.4. The molecule has 0 aromatic rings. The summed E-state index contributed by atoms with van der Waals surface area (Å²) in [7, 11) is -0.903. The number of carbonyl (C=O) groups is 1. The van der Waals surface area contributed by atoms with Crippen LogP contribution in [0.1, 0.15) is 13.3 Å². The van der Waals surface area contributed by atoms with Gasteiger partial charge in [0.1, 0.15) is 0 Å². The molecule has 0 rings (SSSR count). The lowest BCUT2D eigenvalue weighted by Gasteiger charge is -2.14. The molecule has 0 N–H and O–H groups in total. The summed E-state index contributed by atoms with van der Waals surface area (Å²) in [5.41, 5.74) is 4.38. The number of esters is 1. The van der Waals surface area contributed by atoms with Gasteiger partial charge >= 0.3 is 5.97 Å². The third-order valence-electron chi connectivity index (χ3n) is 2.64. The van der Waals surface area contributed by atoms with E-state index in [0.29, 0.717) is 6.61 Å². The molecule has 0 aromatic carbocycles. The Bertz CT molecular complexity index is 257. The molecule has 0 saturated heterocycles. The van der Waals surface area contributed by atoms with E-state index >= 15 is 0 Å². The molecular weight excluding hydrogens is 260 g/mol. The van der Waals surface area contributed by atoms with Crippen molar-refractivity contribution in [3.05, 3.63) is 11.3 Å². The van der Waals surface area contributed by atoms with Crippen LogP contribution in [-0.2, 0) is 9.53 Å². The largest absolute Gasteiger partial charge is 0.462 e. The monoisotopic (exact) mass is 288 g/mol. The summed E-state index contributed by atoms with van der Waals surface area (Å²) in [4.78, 5) is 11.5. The maximum Gasteiger partial charge on any atom is 0.332 e. The number of rotatable bonds is 8. The van der Waals surface area contributed by atoms with Crippen molar-refractivity contribution >= 4 is 33.1 Å². The summed E-state index contributed by atoms with van der Waals surface area (Å²) in [5, 5.41) is 0. The summed E-state index contributed by atoms with van der Waals surface area (Å²) in [6.07, 6.45) is 1.07. The van der Waals surface area contributed by atoms with Crippen LogP contribution in [0.2, 0.25) is 37.9 Å². The molecule has 0 unspecified atom stereocenters. The number of hydrogen-bond acceptors (Lipinski definition) is 2. The van der Waals surface area contributed by atoms with Crippen molar-refractivity contribution in [1.82, 2.24) is 0 Å². The normalized spacial score (nSPS) is 14.1. The van der Waals surface area contributed by atoms with Gasteiger partial charge in [0.15, 0.2) is 0 Å². The van der Waals surface area contributed by atoms with Crippen LogP contribution in [0.15, 0.2) is 11.3 Å². The molecule has 0 aliphatic carbocycles. The molecular formula is C12H28O2Si3. The topological polar surface area (TPSA) is 26.3 Å². The molecule has 100 valence electrons. The summed E-state index contributed by atoms with van der Waals surface area (Å²) in [6.45, 7) is 11.9. The fourth-order valence-corrected chi connectivity index (χ4v) is 8.18. The maximum atomic E-state index is 11.5. The fraction of sp³-hybridized carbons (Fsp3) is 0.750. The van der Waals surface area contributed by atoms with Crippen molar-refractivity contribution in [2.24, 2.45) is 0 Å². The Balaban J connectivity index is 3.53. The Kier molecular flexibility index (Phi) is 8.81. The molecule has 2 nitrogen and oxygen atoms in total. The molecule has 0 aliphatic heterocycles. The van der Waals surface area contributed by atoms with Gasteiger partial charge in [0, 0.05) is 32.7 Å². The average molecular weight is 289 g/mol. The van der Waals surface area contributed by atoms with Crippen LogP contribution in [0.4, 0.5) is 0 Å². The summed E-state index contributed by atoms with van der Waals surface area (Å²) >= 11 is 0. The lowest BCUT2D eigenvalue weighted by molar-refractivity contribution is -0.138. The Labute approximate surface area is 112 Å². The second-order valence-electron chi connectivity index (χ2n) is 5.80. The Morgan fingerprint density at radius 2 is 2.00 bits per heavy atom. The molecule has 0 spiro atoms. The van der Waals surface area contributed by atoms with Gasteiger partial charge in [-0.05, 0) is 13.3 Å². The van der Waals surface area contributed by atoms with Gasteiger partial charge in [0.2, 0.25) is 0 Å². The maximum absolute atomic E-state index is 11.5. The predicted molar refractivity (Wildman–Crippen MR) is 85.2 cm³/mol. The van der Waals surface area contributed by atoms with Gasteiger partial charge in [-0.15, -0.1) is 0 Å². The molecule has 0 bridgehead atoms. The fourth-order valence-electron chi connectivity index (χ4n) is 1.60. The third-order valence-corrected chi connectivity index (χ3v) is 12.1. The standard InChI is InChI=1S/C12H28O2Si3/c1-11(9-15-2)12(13)14-7-6-8-16-10-17(3,4)5/h9H,6-8,10,15-16H2,1-5H3. The molecule has 0 radical (unpaired) electrons. The first-order valence-electron chi connectivity index (χ1n) is 6.70. The molecule has 0 atom stereocenters. The highest BCUT2D eigenvalue weighted by Crippen LogP contribution is 2.08. The lowest BCUT2D eigenvalue weighted by atomic mass is 10.4. The summed E-state index contributed by atoms with van der Waals surface area (Å²) in [6, 6.07) is 1.32. The third kappa shape index (κ3) is 10.7. The van der Waals surface area contributed by atoms with E-state index in [1.165, 1.54) is 11.7 Å². The van der Waals surface area contributed by atoms with Crippen LogP contribution in [0, 0.1) is 0 Å². The molecule has 0 heterocycles. The van der Waals surface area contributed by atoms with Crippen molar-refractivity contribution in [1.29, 1.82) is 0 Å². The first-order chi connectivity index (χ1) is 7.87. The van der Waals surface area contributed by atoms with Gasteiger partial charge in [-0.2, -0.15) is 0 Å². The van der Waals surface area contributed by atoms with Crippen LogP contribution >= 0.6 is 0 Å². The van der Waals surface area contributed by atoms with Crippen molar-refractivity contribution in [3.63, 3.8) is 0 Å². The Morgan fingerprint density at radius 3 is 2.53 bits per heavy atom. The summed E-state index contributed by atoms with van der Waals surface area (Å²) in [5.74, 6) is -0.105. The minimum atomic E-state index is -0.818. The van der Waals surface area contributed by atoms with Gasteiger partial charge in [0.05, 0.1) is 6.61 Å². The van der Waals surface area contributed by atoms with E-state index in [1.54, 1.807) is 0 Å². The minimum absolute atomic E-state index is 0.0959. The number of hydrogen-bond donors (Lipinski definition) is 0. The molecule has 0 aromatic heterocycles. The van der Waals surface area contributed by atoms with E-state index in [9.17, 15) is 4.79 Å². The summed E-state index contributed by atoms with van der Waals surface area (Å²) < 4.78 is 5.24. The highest BCUT2D eigenvalue weighted by Gasteiger charge is 2.11. The van der Waals surface area contributed by atoms with E-state index in [4.69, 9.17) is 4.74 Å². The van der Waals surface area contributed by atoms with E-state index in [0.717, 1.165) is 12.0 Å². The molecule has 0 amide bonds. The van der Waals surface area contributed by atoms with Crippen molar-refractivity contribution in [2.75, 3.05) is 6.61 Å². The average Bonchev–Trinajstić information content (AvgIpc) is 2.21. The SMILES string of the molecule is C[SiH2]C=C(C)C(=O)OCCC[SiH2]C[Si](C)(C)C. The molecule has 0 aliphatic rings. The van der Waals surface area contributed by atoms with Crippen LogP contribution < -0.4 is 0 Å². The quantitative estimate of drug-likeness (QED) is 0.295. The van der Waals surface area contributed by atoms with E-state index in [-0.39, 0.29) is 25.0 Å². The van der Waals surface area contributed by atoms with Gasteiger partial charge < -0.3 is 4.74 Å². The Hall–Kier alpha value is -0.139. The van der Waals surface area contributed by atoms with Crippen molar-refractivity contribution in [2.45, 2.75) is 51.2 Å². The number of ether oxygens (including phenoxy) is 1. The second kappa shape index (κ2) is 8.88. The zero-order valence-corrected chi connectivity index (χ0v) is 16.0. The second-order valence-corrected chi connectivity index (χ2v) is 15.6. The smallest absolute Gasteiger partial charge is 0.332 e. The predicted octanol–water partition coefficient (Wildman–Crippen LogP) is 1.92. The van der Waals surface area contributed by atoms with Gasteiger partial charge in [-0.3, -0.25) is 0 Å². The van der Waals surface area contributed by atoms with Crippen LogP contribution in [0.5, 0.6) is 0 Å². The number of carbonyl (C=O) groups excluding carboxylic acids is 1. The van der Waals surface area contributed by atoms with Crippen LogP contribution in [0.25, 0.3) is 0 Å². The lowest BCUT2D eigenvalue weighted by Crippen LogP contribution is -2.22. The van der Waals surface area contributed by atoms with Gasteiger partial charge in [0.25, 0.3) is 0 Å². The van der Waals surface area contributed by atoms with Crippen LogP contribution in [0.3, 0.4) is 0 Å². The molecule has 0 fully saturated rings. The minimum Gasteiger partial charge on any atom is -0.462 e. The van der Waals surface area contributed by atoms with Crippen molar-refractivity contribution in [3.8, 4) is 0 Å². The van der Waals surface area contributed by atoms with Gasteiger partial charge in [-0.25, -0.2) is 4.79 Å². The zero-order valence-electron chi connectivity index (χ0n) is 12.1. The van der Waals surface area contributed by atoms with E-state index in [2.05, 4.69) is 31.9 Å². The highest BCUT2D eigenvalue weighted by molar-refractivity contribution is 6.83. The first kappa shape index (κ1) is 16.9. The Morgan fingerprint density at radius 1 is 1.35 bits per heavy atom. The first-order valence-corrected chi connectivity index (χ1v) is 14.6. The molecule has 17 heavy (non-hydrogen) atoms. The van der Waals surface area contributed by atoms with Crippen molar-refractivity contribution < 1.29 is 9.53 Å². The van der Waals surface area contributed by atoms with E-state index < -0.39 is 8.07 Å². The van der Waals surface area contributed by atoms with E-state index in [1.807, 2.05) is 6.92 Å². The zero-order chi connectivity index (χ0) is 13.3.